The Morgan fingerprint density at radius 3 is 2.70 bits per heavy atom. The van der Waals surface area contributed by atoms with Gasteiger partial charge in [0.15, 0.2) is 0 Å². The van der Waals surface area contributed by atoms with Crippen molar-refractivity contribution in [3.63, 3.8) is 0 Å². The molecule has 0 bridgehead atoms. The Morgan fingerprint density at radius 2 is 1.97 bits per heavy atom. The molecule has 2 saturated heterocycles. The molecule has 1 aromatic rings. The van der Waals surface area contributed by atoms with Crippen LogP contribution in [0.25, 0.3) is 0 Å². The summed E-state index contributed by atoms with van der Waals surface area (Å²) >= 11 is 0. The van der Waals surface area contributed by atoms with E-state index in [2.05, 4.69) is 10.6 Å². The Bertz CT molecular complexity index is 873. The standard InChI is InChI=1S/C20H23F3N4O3/c21-20(22,23)8-13-9-24-6-7-26(13)10-12-2-1-3-14-15(12)11-27(19(14)30)16-4-5-17(28)25-18(16)29/h1-3,13,16,24H,4-11H2,(H,25,28,29). The maximum Gasteiger partial charge on any atom is 0.390 e. The van der Waals surface area contributed by atoms with Crippen molar-refractivity contribution in [2.45, 2.75) is 50.6 Å². The van der Waals surface area contributed by atoms with Gasteiger partial charge in [-0.05, 0) is 23.6 Å². The fourth-order valence-electron chi connectivity index (χ4n) is 4.50. The highest BCUT2D eigenvalue weighted by Crippen LogP contribution is 2.32. The van der Waals surface area contributed by atoms with Crippen molar-refractivity contribution in [3.05, 3.63) is 34.9 Å². The molecule has 2 fully saturated rings. The molecule has 1 aromatic carbocycles. The number of halogens is 3. The van der Waals surface area contributed by atoms with E-state index < -0.39 is 30.6 Å². The third-order valence-electron chi connectivity index (χ3n) is 5.99. The summed E-state index contributed by atoms with van der Waals surface area (Å²) in [5, 5.41) is 5.28. The summed E-state index contributed by atoms with van der Waals surface area (Å²) in [6, 6.07) is 3.84. The van der Waals surface area contributed by atoms with Gasteiger partial charge in [0.1, 0.15) is 6.04 Å². The van der Waals surface area contributed by atoms with Crippen molar-refractivity contribution in [3.8, 4) is 0 Å². The first kappa shape index (κ1) is 20.8. The summed E-state index contributed by atoms with van der Waals surface area (Å²) < 4.78 is 38.9. The van der Waals surface area contributed by atoms with Crippen molar-refractivity contribution < 1.29 is 27.6 Å². The van der Waals surface area contributed by atoms with Gasteiger partial charge in [-0.3, -0.25) is 24.6 Å². The number of nitrogens with one attached hydrogen (secondary N) is 2. The van der Waals surface area contributed by atoms with Crippen LogP contribution in [-0.2, 0) is 22.7 Å². The molecule has 0 spiro atoms. The van der Waals surface area contributed by atoms with Gasteiger partial charge in [0, 0.05) is 50.7 Å². The van der Waals surface area contributed by atoms with Crippen LogP contribution < -0.4 is 10.6 Å². The average molecular weight is 424 g/mol. The van der Waals surface area contributed by atoms with Gasteiger partial charge in [-0.1, -0.05) is 12.1 Å². The molecule has 3 heterocycles. The summed E-state index contributed by atoms with van der Waals surface area (Å²) in [5.41, 5.74) is 2.01. The number of fused-ring (bicyclic) bond motifs is 1. The van der Waals surface area contributed by atoms with E-state index in [4.69, 9.17) is 0 Å². The number of hydrogen-bond donors (Lipinski definition) is 2. The second-order valence-electron chi connectivity index (χ2n) is 7.99. The fourth-order valence-corrected chi connectivity index (χ4v) is 4.50. The normalized spacial score (nSPS) is 25.4. The molecule has 4 rings (SSSR count). The number of nitrogens with zero attached hydrogens (tertiary/aromatic N) is 2. The maximum absolute atomic E-state index is 13.0. The molecule has 3 aliphatic heterocycles. The van der Waals surface area contributed by atoms with Crippen LogP contribution in [0.2, 0.25) is 0 Å². The van der Waals surface area contributed by atoms with E-state index >= 15 is 0 Å². The summed E-state index contributed by atoms with van der Waals surface area (Å²) in [5.74, 6) is -1.12. The molecule has 0 radical (unpaired) electrons. The van der Waals surface area contributed by atoms with Crippen molar-refractivity contribution in [2.75, 3.05) is 19.6 Å². The lowest BCUT2D eigenvalue weighted by Crippen LogP contribution is -2.52. The minimum absolute atomic E-state index is 0.170. The Kier molecular flexibility index (Phi) is 5.54. The predicted octanol–water partition coefficient (Wildman–Crippen LogP) is 1.17. The lowest BCUT2D eigenvalue weighted by molar-refractivity contribution is -0.149. The van der Waals surface area contributed by atoms with Crippen LogP contribution in [0.5, 0.6) is 0 Å². The highest BCUT2D eigenvalue weighted by atomic mass is 19.4. The minimum atomic E-state index is -4.25. The number of benzene rings is 1. The lowest BCUT2D eigenvalue weighted by atomic mass is 10.0. The molecule has 2 N–H and O–H groups in total. The van der Waals surface area contributed by atoms with Gasteiger partial charge in [-0.25, -0.2) is 0 Å². The number of carbonyl (C=O) groups excluding carboxylic acids is 3. The van der Waals surface area contributed by atoms with E-state index in [1.165, 1.54) is 4.90 Å². The number of piperazine rings is 1. The van der Waals surface area contributed by atoms with Crippen molar-refractivity contribution in [1.82, 2.24) is 20.4 Å². The summed E-state index contributed by atoms with van der Waals surface area (Å²) in [7, 11) is 0. The van der Waals surface area contributed by atoms with Gasteiger partial charge in [0.2, 0.25) is 11.8 Å². The third-order valence-corrected chi connectivity index (χ3v) is 5.99. The second kappa shape index (κ2) is 7.99. The molecule has 30 heavy (non-hydrogen) atoms. The van der Waals surface area contributed by atoms with E-state index in [1.807, 2.05) is 6.07 Å². The van der Waals surface area contributed by atoms with E-state index in [1.54, 1.807) is 17.0 Å². The minimum Gasteiger partial charge on any atom is -0.322 e. The monoisotopic (exact) mass is 424 g/mol. The zero-order valence-corrected chi connectivity index (χ0v) is 16.3. The highest BCUT2D eigenvalue weighted by molar-refractivity contribution is 6.05. The van der Waals surface area contributed by atoms with Gasteiger partial charge in [-0.2, -0.15) is 13.2 Å². The molecule has 0 aromatic heterocycles. The second-order valence-corrected chi connectivity index (χ2v) is 7.99. The quantitative estimate of drug-likeness (QED) is 0.710. The number of carbonyl (C=O) groups is 3. The fraction of sp³-hybridized carbons (Fsp3) is 0.550. The van der Waals surface area contributed by atoms with Crippen LogP contribution >= 0.6 is 0 Å². The van der Waals surface area contributed by atoms with Crippen LogP contribution in [0.15, 0.2) is 18.2 Å². The number of rotatable bonds is 4. The predicted molar refractivity (Wildman–Crippen MR) is 100 cm³/mol. The SMILES string of the molecule is O=C1CCC(N2Cc3c(CN4CCNCC4CC(F)(F)F)cccc3C2=O)C(=O)N1. The van der Waals surface area contributed by atoms with E-state index in [-0.39, 0.29) is 37.7 Å². The van der Waals surface area contributed by atoms with Crippen LogP contribution in [0.3, 0.4) is 0 Å². The van der Waals surface area contributed by atoms with Crippen LogP contribution in [0.1, 0.15) is 40.7 Å². The molecule has 2 unspecified atom stereocenters. The van der Waals surface area contributed by atoms with E-state index in [0.29, 0.717) is 25.2 Å². The molecule has 10 heteroatoms. The molecule has 3 aliphatic rings. The van der Waals surface area contributed by atoms with E-state index in [9.17, 15) is 27.6 Å². The topological polar surface area (TPSA) is 81.8 Å². The maximum atomic E-state index is 13.0. The Hall–Kier alpha value is -2.46. The van der Waals surface area contributed by atoms with Gasteiger partial charge in [-0.15, -0.1) is 0 Å². The zero-order valence-electron chi connectivity index (χ0n) is 16.3. The average Bonchev–Trinajstić information content (AvgIpc) is 3.00. The Labute approximate surface area is 171 Å². The Balaban J connectivity index is 1.54. The van der Waals surface area contributed by atoms with Crippen molar-refractivity contribution in [1.29, 1.82) is 0 Å². The van der Waals surface area contributed by atoms with Gasteiger partial charge in [0.05, 0.1) is 6.42 Å². The first-order valence-corrected chi connectivity index (χ1v) is 10.00. The largest absolute Gasteiger partial charge is 0.390 e. The smallest absolute Gasteiger partial charge is 0.322 e. The first-order chi connectivity index (χ1) is 14.2. The molecule has 0 saturated carbocycles. The van der Waals surface area contributed by atoms with Gasteiger partial charge in [0.25, 0.3) is 5.91 Å². The summed E-state index contributed by atoms with van der Waals surface area (Å²) in [6.45, 7) is 1.87. The molecule has 2 atom stereocenters. The number of hydrogen-bond acceptors (Lipinski definition) is 5. The summed E-state index contributed by atoms with van der Waals surface area (Å²) in [6.07, 6.45) is -4.70. The Morgan fingerprint density at radius 1 is 1.17 bits per heavy atom. The molecular formula is C20H23F3N4O3. The number of alkyl halides is 3. The van der Waals surface area contributed by atoms with E-state index in [0.717, 1.165) is 11.1 Å². The van der Waals surface area contributed by atoms with Crippen LogP contribution in [0.4, 0.5) is 13.2 Å². The zero-order chi connectivity index (χ0) is 21.5. The van der Waals surface area contributed by atoms with Crippen LogP contribution in [0, 0.1) is 0 Å². The lowest BCUT2D eigenvalue weighted by Gasteiger charge is -2.37. The molecule has 3 amide bonds. The van der Waals surface area contributed by atoms with Gasteiger partial charge < -0.3 is 10.2 Å². The summed E-state index contributed by atoms with van der Waals surface area (Å²) in [4.78, 5) is 39.8. The number of piperidine rings is 1. The highest BCUT2D eigenvalue weighted by Gasteiger charge is 2.40. The molecular weight excluding hydrogens is 401 g/mol. The number of imide groups is 1. The van der Waals surface area contributed by atoms with Gasteiger partial charge >= 0.3 is 6.18 Å². The van der Waals surface area contributed by atoms with Crippen LogP contribution in [-0.4, -0.2) is 65.4 Å². The first-order valence-electron chi connectivity index (χ1n) is 10.00. The molecule has 7 nitrogen and oxygen atoms in total. The number of amides is 3. The molecule has 162 valence electrons. The van der Waals surface area contributed by atoms with Crippen molar-refractivity contribution in [2.24, 2.45) is 0 Å². The molecule has 0 aliphatic carbocycles. The third kappa shape index (κ3) is 4.20. The van der Waals surface area contributed by atoms with Crippen molar-refractivity contribution >= 4 is 17.7 Å².